The maximum Gasteiger partial charge on any atom is 0.234 e. The van der Waals surface area contributed by atoms with Crippen molar-refractivity contribution >= 4 is 34.7 Å². The van der Waals surface area contributed by atoms with Gasteiger partial charge in [-0.25, -0.2) is 9.67 Å². The number of thioether (sulfide) groups is 1. The fourth-order valence-electron chi connectivity index (χ4n) is 2.46. The lowest BCUT2D eigenvalue weighted by Crippen LogP contribution is -2.15. The molecule has 7 heteroatoms. The van der Waals surface area contributed by atoms with Gasteiger partial charge in [0, 0.05) is 11.1 Å². The van der Waals surface area contributed by atoms with E-state index in [2.05, 4.69) is 34.5 Å². The predicted molar refractivity (Wildman–Crippen MR) is 104 cm³/mol. The van der Waals surface area contributed by atoms with E-state index < -0.39 is 0 Å². The molecule has 1 amide bonds. The van der Waals surface area contributed by atoms with Gasteiger partial charge in [0.05, 0.1) is 28.5 Å². The minimum absolute atomic E-state index is 0.0486. The van der Waals surface area contributed by atoms with Crippen LogP contribution >= 0.6 is 23.1 Å². The normalized spacial score (nSPS) is 10.9. The highest BCUT2D eigenvalue weighted by molar-refractivity contribution is 8.01. The number of nitrogens with one attached hydrogen (secondary N) is 1. The third kappa shape index (κ3) is 4.11. The van der Waals surface area contributed by atoms with E-state index in [4.69, 9.17) is 0 Å². The van der Waals surface area contributed by atoms with Gasteiger partial charge in [0.2, 0.25) is 5.91 Å². The number of amides is 1. The van der Waals surface area contributed by atoms with Crippen LogP contribution in [0.15, 0.2) is 34.0 Å². The number of rotatable bonds is 5. The molecule has 0 atom stereocenters. The average molecular weight is 373 g/mol. The average Bonchev–Trinajstić information content (AvgIpc) is 3.12. The molecule has 0 fully saturated rings. The molecule has 1 N–H and O–H groups in total. The zero-order valence-electron chi connectivity index (χ0n) is 14.7. The van der Waals surface area contributed by atoms with Gasteiger partial charge in [-0.3, -0.25) is 4.79 Å². The quantitative estimate of drug-likeness (QED) is 0.679. The summed E-state index contributed by atoms with van der Waals surface area (Å²) in [7, 11) is 0. The van der Waals surface area contributed by atoms with E-state index in [1.54, 1.807) is 11.3 Å². The Morgan fingerprint density at radius 1 is 1.20 bits per heavy atom. The Kier molecular flexibility index (Phi) is 5.24. The highest BCUT2D eigenvalue weighted by Gasteiger charge is 2.15. The van der Waals surface area contributed by atoms with Crippen LogP contribution in [0.1, 0.15) is 22.6 Å². The number of carbonyl (C=O) groups excluding carboxylic acids is 1. The van der Waals surface area contributed by atoms with Gasteiger partial charge >= 0.3 is 0 Å². The second-order valence-corrected chi connectivity index (χ2v) is 7.97. The molecule has 0 aliphatic heterocycles. The second kappa shape index (κ2) is 7.41. The highest BCUT2D eigenvalue weighted by atomic mass is 32.2. The van der Waals surface area contributed by atoms with Crippen LogP contribution in [0.2, 0.25) is 0 Å². The maximum atomic E-state index is 12.3. The van der Waals surface area contributed by atoms with Crippen LogP contribution in [0.4, 0.5) is 5.69 Å². The fraction of sp³-hybridized carbons (Fsp3) is 0.278. The summed E-state index contributed by atoms with van der Waals surface area (Å²) in [6, 6.07) is 8.16. The van der Waals surface area contributed by atoms with Gasteiger partial charge in [0.15, 0.2) is 4.34 Å². The molecule has 2 heterocycles. The Bertz CT molecular complexity index is 896. The van der Waals surface area contributed by atoms with E-state index in [-0.39, 0.29) is 5.91 Å². The Morgan fingerprint density at radius 3 is 2.56 bits per heavy atom. The van der Waals surface area contributed by atoms with Crippen molar-refractivity contribution in [1.82, 2.24) is 14.8 Å². The SMILES string of the molecule is Cc1ccc(-n2nc(C)c(NC(=O)CSc3nc(C)cs3)c2C)cc1. The number of hydrogen-bond donors (Lipinski definition) is 1. The zero-order chi connectivity index (χ0) is 18.0. The first-order valence-electron chi connectivity index (χ1n) is 7.92. The van der Waals surface area contributed by atoms with Gasteiger partial charge < -0.3 is 5.32 Å². The molecule has 5 nitrogen and oxygen atoms in total. The van der Waals surface area contributed by atoms with Crippen molar-refractivity contribution in [2.75, 3.05) is 11.1 Å². The van der Waals surface area contributed by atoms with Crippen LogP contribution in [0.25, 0.3) is 5.69 Å². The Labute approximate surface area is 155 Å². The summed E-state index contributed by atoms with van der Waals surface area (Å²) in [5.41, 5.74) is 5.68. The van der Waals surface area contributed by atoms with E-state index in [1.165, 1.54) is 17.3 Å². The number of benzene rings is 1. The van der Waals surface area contributed by atoms with Crippen LogP contribution in [-0.2, 0) is 4.79 Å². The summed E-state index contributed by atoms with van der Waals surface area (Å²) in [5, 5.41) is 9.55. The van der Waals surface area contributed by atoms with E-state index in [9.17, 15) is 4.79 Å². The number of hydrogen-bond acceptors (Lipinski definition) is 5. The lowest BCUT2D eigenvalue weighted by Gasteiger charge is -2.07. The third-order valence-electron chi connectivity index (χ3n) is 3.76. The molecule has 25 heavy (non-hydrogen) atoms. The summed E-state index contributed by atoms with van der Waals surface area (Å²) in [5.74, 6) is 0.286. The smallest absolute Gasteiger partial charge is 0.234 e. The van der Waals surface area contributed by atoms with Gasteiger partial charge in [-0.15, -0.1) is 11.3 Å². The van der Waals surface area contributed by atoms with Crippen molar-refractivity contribution in [2.24, 2.45) is 0 Å². The van der Waals surface area contributed by atoms with Crippen molar-refractivity contribution < 1.29 is 4.79 Å². The summed E-state index contributed by atoms with van der Waals surface area (Å²) < 4.78 is 2.78. The van der Waals surface area contributed by atoms with Crippen molar-refractivity contribution in [2.45, 2.75) is 32.0 Å². The molecular formula is C18H20N4OS2. The first kappa shape index (κ1) is 17.7. The largest absolute Gasteiger partial charge is 0.322 e. The monoisotopic (exact) mass is 372 g/mol. The molecule has 0 spiro atoms. The van der Waals surface area contributed by atoms with E-state index in [0.29, 0.717) is 5.75 Å². The minimum atomic E-state index is -0.0486. The van der Waals surface area contributed by atoms with E-state index >= 15 is 0 Å². The maximum absolute atomic E-state index is 12.3. The highest BCUT2D eigenvalue weighted by Crippen LogP contribution is 2.25. The van der Waals surface area contributed by atoms with Crippen LogP contribution < -0.4 is 5.32 Å². The second-order valence-electron chi connectivity index (χ2n) is 5.88. The first-order valence-corrected chi connectivity index (χ1v) is 9.78. The van der Waals surface area contributed by atoms with Crippen molar-refractivity contribution in [3.8, 4) is 5.69 Å². The third-order valence-corrected chi connectivity index (χ3v) is 5.90. The molecule has 3 rings (SSSR count). The Balaban J connectivity index is 1.72. The molecule has 0 aliphatic carbocycles. The van der Waals surface area contributed by atoms with Crippen LogP contribution in [0.3, 0.4) is 0 Å². The summed E-state index contributed by atoms with van der Waals surface area (Å²) in [6.45, 7) is 7.88. The number of aryl methyl sites for hydroxylation is 3. The fourth-order valence-corrected chi connectivity index (χ4v) is 4.11. The Hall–Kier alpha value is -2.12. The van der Waals surface area contributed by atoms with Crippen molar-refractivity contribution in [3.05, 3.63) is 52.3 Å². The van der Waals surface area contributed by atoms with Gasteiger partial charge in [0.25, 0.3) is 0 Å². The van der Waals surface area contributed by atoms with E-state index in [1.807, 2.05) is 43.0 Å². The number of aromatic nitrogens is 3. The summed E-state index contributed by atoms with van der Waals surface area (Å²) in [6.07, 6.45) is 0. The first-order chi connectivity index (χ1) is 11.9. The molecule has 0 unspecified atom stereocenters. The lowest BCUT2D eigenvalue weighted by molar-refractivity contribution is -0.113. The molecule has 0 aliphatic rings. The standard InChI is InChI=1S/C18H20N4OS2/c1-11-5-7-15(8-6-11)22-14(4)17(13(3)21-22)20-16(23)10-25-18-19-12(2)9-24-18/h5-9H,10H2,1-4H3,(H,20,23). The molecule has 1 aromatic carbocycles. The number of nitrogens with zero attached hydrogens (tertiary/aromatic N) is 3. The minimum Gasteiger partial charge on any atom is -0.322 e. The number of thiazole rings is 1. The molecule has 0 saturated heterocycles. The van der Waals surface area contributed by atoms with Gasteiger partial charge in [-0.2, -0.15) is 5.10 Å². The van der Waals surface area contributed by atoms with Gasteiger partial charge in [-0.05, 0) is 39.8 Å². The lowest BCUT2D eigenvalue weighted by atomic mass is 10.2. The van der Waals surface area contributed by atoms with Gasteiger partial charge in [0.1, 0.15) is 0 Å². The molecule has 3 aromatic rings. The number of anilines is 1. The molecule has 0 bridgehead atoms. The van der Waals surface area contributed by atoms with Crippen LogP contribution in [0, 0.1) is 27.7 Å². The topological polar surface area (TPSA) is 59.8 Å². The van der Waals surface area contributed by atoms with E-state index in [0.717, 1.165) is 32.8 Å². The molecule has 130 valence electrons. The summed E-state index contributed by atoms with van der Waals surface area (Å²) in [4.78, 5) is 16.7. The molecule has 0 radical (unpaired) electrons. The Morgan fingerprint density at radius 2 is 1.92 bits per heavy atom. The number of carbonyl (C=O) groups is 1. The zero-order valence-corrected chi connectivity index (χ0v) is 16.3. The van der Waals surface area contributed by atoms with Crippen molar-refractivity contribution in [1.29, 1.82) is 0 Å². The molecule has 0 saturated carbocycles. The molecular weight excluding hydrogens is 352 g/mol. The van der Waals surface area contributed by atoms with Crippen LogP contribution in [0.5, 0.6) is 0 Å². The predicted octanol–water partition coefficient (Wildman–Crippen LogP) is 4.29. The molecule has 2 aromatic heterocycles. The summed E-state index contributed by atoms with van der Waals surface area (Å²) >= 11 is 3.02. The van der Waals surface area contributed by atoms with Gasteiger partial charge in [-0.1, -0.05) is 29.5 Å². The van der Waals surface area contributed by atoms with Crippen molar-refractivity contribution in [3.63, 3.8) is 0 Å². The van der Waals surface area contributed by atoms with Crippen LogP contribution in [-0.4, -0.2) is 26.4 Å².